The summed E-state index contributed by atoms with van der Waals surface area (Å²) >= 11 is 0. The van der Waals surface area contributed by atoms with E-state index < -0.39 is 10.0 Å². The Morgan fingerprint density at radius 3 is 2.43 bits per heavy atom. The Morgan fingerprint density at radius 1 is 1.27 bits per heavy atom. The van der Waals surface area contributed by atoms with Crippen molar-refractivity contribution in [3.63, 3.8) is 0 Å². The number of anilines is 2. The summed E-state index contributed by atoms with van der Waals surface area (Å²) in [5.74, 6) is 0.370. The van der Waals surface area contributed by atoms with E-state index in [1.807, 2.05) is 14.0 Å². The van der Waals surface area contributed by atoms with Crippen molar-refractivity contribution in [2.24, 2.45) is 5.92 Å². The molecule has 0 aromatic heterocycles. The van der Waals surface area contributed by atoms with Crippen LogP contribution in [0.1, 0.15) is 33.6 Å². The first-order valence-corrected chi connectivity index (χ1v) is 12.3. The normalized spacial score (nSPS) is 18.4. The smallest absolute Gasteiger partial charge is 0.241 e. The molecule has 1 aromatic carbocycles. The molecule has 1 heterocycles. The number of aliphatic hydroxyl groups is 1. The molecule has 1 amide bonds. The molecule has 0 saturated carbocycles. The third-order valence-corrected chi connectivity index (χ3v) is 6.92. The minimum Gasteiger partial charge on any atom is -0.392 e. The van der Waals surface area contributed by atoms with Crippen LogP contribution in [0.25, 0.3) is 0 Å². The van der Waals surface area contributed by atoms with E-state index in [-0.39, 0.29) is 30.4 Å². The van der Waals surface area contributed by atoms with Crippen molar-refractivity contribution in [1.82, 2.24) is 9.80 Å². The number of amides is 1. The molecule has 1 saturated heterocycles. The minimum absolute atomic E-state index is 0.0128. The average molecular weight is 441 g/mol. The Labute approximate surface area is 180 Å². The number of likely N-dealkylation sites (tertiary alicyclic amines) is 1. The van der Waals surface area contributed by atoms with Crippen molar-refractivity contribution in [3.05, 3.63) is 24.3 Å². The molecule has 1 aromatic rings. The van der Waals surface area contributed by atoms with Gasteiger partial charge in [-0.2, -0.15) is 0 Å². The standard InChI is InChI=1S/C21H36N4O4S/c1-5-12-30(28,29)23-18-8-6-17(7-9-18)22-13-21(27)24(4)20(16(2)3)15-25-11-10-19(26)14-25/h6-9,16,19-20,22-23,26H,5,10-15H2,1-4H3/t19-,20+/m0/s1. The Balaban J connectivity index is 1.88. The maximum absolute atomic E-state index is 12.7. The third-order valence-electron chi connectivity index (χ3n) is 5.43. The van der Waals surface area contributed by atoms with E-state index in [0.717, 1.165) is 25.2 Å². The Morgan fingerprint density at radius 2 is 1.90 bits per heavy atom. The number of hydrogen-bond donors (Lipinski definition) is 3. The summed E-state index contributed by atoms with van der Waals surface area (Å²) in [6.07, 6.45) is 1.07. The molecule has 2 atom stereocenters. The molecular formula is C21H36N4O4S. The quantitative estimate of drug-likeness (QED) is 0.485. The van der Waals surface area contributed by atoms with Crippen LogP contribution in [0, 0.1) is 5.92 Å². The fraction of sp³-hybridized carbons (Fsp3) is 0.667. The number of sulfonamides is 1. The highest BCUT2D eigenvalue weighted by molar-refractivity contribution is 7.92. The molecule has 1 fully saturated rings. The van der Waals surface area contributed by atoms with Crippen LogP contribution >= 0.6 is 0 Å². The third kappa shape index (κ3) is 7.45. The zero-order valence-electron chi connectivity index (χ0n) is 18.5. The second kappa shape index (κ2) is 11.0. The molecule has 0 bridgehead atoms. The minimum atomic E-state index is -3.32. The van der Waals surface area contributed by atoms with E-state index in [1.165, 1.54) is 0 Å². The number of likely N-dealkylation sites (N-methyl/N-ethyl adjacent to an activating group) is 1. The van der Waals surface area contributed by atoms with Gasteiger partial charge >= 0.3 is 0 Å². The number of rotatable bonds is 11. The summed E-state index contributed by atoms with van der Waals surface area (Å²) in [4.78, 5) is 16.7. The highest BCUT2D eigenvalue weighted by atomic mass is 32.2. The van der Waals surface area contributed by atoms with Crippen LogP contribution in [0.3, 0.4) is 0 Å². The topological polar surface area (TPSA) is 102 Å². The molecule has 170 valence electrons. The summed E-state index contributed by atoms with van der Waals surface area (Å²) in [5, 5.41) is 12.9. The maximum Gasteiger partial charge on any atom is 0.241 e. The first-order chi connectivity index (χ1) is 14.1. The van der Waals surface area contributed by atoms with E-state index in [0.29, 0.717) is 24.6 Å². The van der Waals surface area contributed by atoms with Gasteiger partial charge in [-0.25, -0.2) is 8.42 Å². The Hall–Kier alpha value is -1.84. The molecule has 0 radical (unpaired) electrons. The maximum atomic E-state index is 12.7. The van der Waals surface area contributed by atoms with Gasteiger partial charge in [0.15, 0.2) is 0 Å². The van der Waals surface area contributed by atoms with Gasteiger partial charge in [0.2, 0.25) is 15.9 Å². The predicted octanol–water partition coefficient (Wildman–Crippen LogP) is 1.80. The van der Waals surface area contributed by atoms with Crippen LogP contribution < -0.4 is 10.0 Å². The van der Waals surface area contributed by atoms with Crippen LogP contribution in [-0.2, 0) is 14.8 Å². The summed E-state index contributed by atoms with van der Waals surface area (Å²) in [5.41, 5.74) is 1.25. The summed E-state index contributed by atoms with van der Waals surface area (Å²) in [6.45, 7) is 8.46. The number of aliphatic hydroxyl groups excluding tert-OH is 1. The number of nitrogens with one attached hydrogen (secondary N) is 2. The largest absolute Gasteiger partial charge is 0.392 e. The zero-order chi connectivity index (χ0) is 22.3. The lowest BCUT2D eigenvalue weighted by Gasteiger charge is -2.34. The summed E-state index contributed by atoms with van der Waals surface area (Å²) in [7, 11) is -1.49. The van der Waals surface area contributed by atoms with E-state index in [1.54, 1.807) is 29.2 Å². The molecule has 9 heteroatoms. The van der Waals surface area contributed by atoms with Crippen LogP contribution in [-0.4, -0.2) is 80.4 Å². The van der Waals surface area contributed by atoms with E-state index in [2.05, 4.69) is 28.8 Å². The molecule has 0 aliphatic carbocycles. The first kappa shape index (κ1) is 24.4. The van der Waals surface area contributed by atoms with Gasteiger partial charge in [-0.1, -0.05) is 20.8 Å². The molecule has 0 spiro atoms. The van der Waals surface area contributed by atoms with Gasteiger partial charge in [-0.15, -0.1) is 0 Å². The molecule has 1 aliphatic rings. The lowest BCUT2D eigenvalue weighted by Crippen LogP contribution is -2.49. The Kier molecular flexibility index (Phi) is 8.93. The lowest BCUT2D eigenvalue weighted by molar-refractivity contribution is -0.131. The van der Waals surface area contributed by atoms with Gasteiger partial charge in [0, 0.05) is 44.1 Å². The Bertz CT molecular complexity index is 783. The average Bonchev–Trinajstić information content (AvgIpc) is 3.09. The summed E-state index contributed by atoms with van der Waals surface area (Å²) in [6, 6.07) is 6.93. The molecule has 30 heavy (non-hydrogen) atoms. The predicted molar refractivity (Wildman–Crippen MR) is 121 cm³/mol. The van der Waals surface area contributed by atoms with Crippen LogP contribution in [0.15, 0.2) is 24.3 Å². The molecule has 3 N–H and O–H groups in total. The van der Waals surface area contributed by atoms with Crippen molar-refractivity contribution in [3.8, 4) is 0 Å². The van der Waals surface area contributed by atoms with E-state index in [9.17, 15) is 18.3 Å². The molecular weight excluding hydrogens is 404 g/mol. The number of β-amino-alcohol motifs (C(OH)–C–C–N with tert-alkyl or cyclic N) is 1. The van der Waals surface area contributed by atoms with Crippen LogP contribution in [0.2, 0.25) is 0 Å². The number of hydrogen-bond acceptors (Lipinski definition) is 6. The SMILES string of the molecule is CCCS(=O)(=O)Nc1ccc(NCC(=O)N(C)[C@H](CN2CC[C@H](O)C2)C(C)C)cc1. The van der Waals surface area contributed by atoms with Gasteiger partial charge in [-0.3, -0.25) is 14.4 Å². The van der Waals surface area contributed by atoms with Crippen molar-refractivity contribution in [2.75, 3.05) is 49.0 Å². The fourth-order valence-corrected chi connectivity index (χ4v) is 4.80. The second-order valence-electron chi connectivity index (χ2n) is 8.37. The van der Waals surface area contributed by atoms with Crippen LogP contribution in [0.5, 0.6) is 0 Å². The molecule has 8 nitrogen and oxygen atoms in total. The van der Waals surface area contributed by atoms with Crippen molar-refractivity contribution < 1.29 is 18.3 Å². The number of carbonyl (C=O) groups excluding carboxylic acids is 1. The van der Waals surface area contributed by atoms with E-state index in [4.69, 9.17) is 0 Å². The van der Waals surface area contributed by atoms with E-state index >= 15 is 0 Å². The van der Waals surface area contributed by atoms with Crippen molar-refractivity contribution in [2.45, 2.75) is 45.8 Å². The molecule has 2 rings (SSSR count). The van der Waals surface area contributed by atoms with Gasteiger partial charge < -0.3 is 15.3 Å². The highest BCUT2D eigenvalue weighted by Crippen LogP contribution is 2.17. The van der Waals surface area contributed by atoms with Crippen molar-refractivity contribution in [1.29, 1.82) is 0 Å². The highest BCUT2D eigenvalue weighted by Gasteiger charge is 2.28. The number of nitrogens with zero attached hydrogens (tertiary/aromatic N) is 2. The lowest BCUT2D eigenvalue weighted by atomic mass is 10.0. The second-order valence-corrected chi connectivity index (χ2v) is 10.2. The van der Waals surface area contributed by atoms with Gasteiger partial charge in [0.05, 0.1) is 18.4 Å². The molecule has 1 aliphatic heterocycles. The van der Waals surface area contributed by atoms with Gasteiger partial charge in [0.1, 0.15) is 0 Å². The monoisotopic (exact) mass is 440 g/mol. The fourth-order valence-electron chi connectivity index (χ4n) is 3.67. The van der Waals surface area contributed by atoms with Gasteiger partial charge in [-0.05, 0) is 43.0 Å². The number of benzene rings is 1. The van der Waals surface area contributed by atoms with Crippen LogP contribution in [0.4, 0.5) is 11.4 Å². The number of carbonyl (C=O) groups is 1. The van der Waals surface area contributed by atoms with Crippen molar-refractivity contribution >= 4 is 27.3 Å². The summed E-state index contributed by atoms with van der Waals surface area (Å²) < 4.78 is 26.2. The first-order valence-electron chi connectivity index (χ1n) is 10.6. The zero-order valence-corrected chi connectivity index (χ0v) is 19.3. The molecule has 0 unspecified atom stereocenters. The van der Waals surface area contributed by atoms with Gasteiger partial charge in [0.25, 0.3) is 0 Å².